The zero-order valence-corrected chi connectivity index (χ0v) is 15.5. The largest absolute Gasteiger partial charge is 0.361 e. The Hall–Kier alpha value is -3.54. The monoisotopic (exact) mass is 375 g/mol. The highest BCUT2D eigenvalue weighted by Crippen LogP contribution is 2.26. The molecule has 0 saturated heterocycles. The van der Waals surface area contributed by atoms with E-state index in [4.69, 9.17) is 4.52 Å². The van der Waals surface area contributed by atoms with Crippen molar-refractivity contribution in [2.45, 2.75) is 13.5 Å². The molecule has 2 heterocycles. The third-order valence-corrected chi connectivity index (χ3v) is 4.51. The molecule has 4 aromatic rings. The van der Waals surface area contributed by atoms with Crippen LogP contribution in [0.25, 0.3) is 22.2 Å². The number of aryl methyl sites for hydroxylation is 1. The van der Waals surface area contributed by atoms with Gasteiger partial charge >= 0.3 is 0 Å². The maximum Gasteiger partial charge on any atom is 0.254 e. The predicted octanol–water partition coefficient (Wildman–Crippen LogP) is 4.61. The summed E-state index contributed by atoms with van der Waals surface area (Å²) in [5.41, 5.74) is 3.29. The lowest BCUT2D eigenvalue weighted by atomic mass is 10.0. The van der Waals surface area contributed by atoms with Crippen molar-refractivity contribution in [2.24, 2.45) is 0 Å². The van der Waals surface area contributed by atoms with Gasteiger partial charge in [-0.15, -0.1) is 0 Å². The van der Waals surface area contributed by atoms with Crippen molar-refractivity contribution in [1.29, 1.82) is 0 Å². The molecule has 5 nitrogen and oxygen atoms in total. The molecule has 0 spiro atoms. The molecule has 0 aliphatic carbocycles. The van der Waals surface area contributed by atoms with Crippen LogP contribution in [0.3, 0.4) is 0 Å². The number of pyridine rings is 1. The number of amides is 1. The first-order valence-electron chi connectivity index (χ1n) is 8.84. The Morgan fingerprint density at radius 2 is 1.86 bits per heavy atom. The number of aromatic nitrogens is 2. The first-order chi connectivity index (χ1) is 13.5. The summed E-state index contributed by atoms with van der Waals surface area (Å²) in [6.45, 7) is 2.14. The summed E-state index contributed by atoms with van der Waals surface area (Å²) in [5, 5.41) is 4.72. The number of halogens is 1. The Labute approximate surface area is 161 Å². The van der Waals surface area contributed by atoms with Crippen molar-refractivity contribution >= 4 is 16.8 Å². The average molecular weight is 375 g/mol. The van der Waals surface area contributed by atoms with Crippen LogP contribution in [0.4, 0.5) is 4.39 Å². The molecule has 0 atom stereocenters. The van der Waals surface area contributed by atoms with Crippen LogP contribution < -0.4 is 0 Å². The summed E-state index contributed by atoms with van der Waals surface area (Å²) in [5.74, 6) is 0.231. The van der Waals surface area contributed by atoms with Gasteiger partial charge in [-0.2, -0.15) is 0 Å². The fourth-order valence-electron chi connectivity index (χ4n) is 3.13. The summed E-state index contributed by atoms with van der Waals surface area (Å²) < 4.78 is 18.4. The molecular formula is C22H18FN3O2. The highest BCUT2D eigenvalue weighted by atomic mass is 19.1. The fraction of sp³-hybridized carbons (Fsp3) is 0.136. The van der Waals surface area contributed by atoms with E-state index in [9.17, 15) is 9.18 Å². The van der Waals surface area contributed by atoms with E-state index < -0.39 is 0 Å². The van der Waals surface area contributed by atoms with Crippen LogP contribution in [0.2, 0.25) is 0 Å². The van der Waals surface area contributed by atoms with Crippen molar-refractivity contribution < 1.29 is 13.7 Å². The summed E-state index contributed by atoms with van der Waals surface area (Å²) in [7, 11) is 1.72. The summed E-state index contributed by atoms with van der Waals surface area (Å²) in [6, 6.07) is 17.1. The maximum atomic E-state index is 13.3. The topological polar surface area (TPSA) is 59.2 Å². The highest BCUT2D eigenvalue weighted by molar-refractivity contribution is 6.07. The van der Waals surface area contributed by atoms with Gasteiger partial charge in [0, 0.05) is 24.1 Å². The van der Waals surface area contributed by atoms with Gasteiger partial charge in [0.15, 0.2) is 0 Å². The SMILES string of the molecule is Cc1cc(CN(C)C(=O)c2cc(-c3ccc(F)cc3)nc3ccccc23)no1. The maximum absolute atomic E-state index is 13.3. The first kappa shape index (κ1) is 17.9. The number of hydrogen-bond acceptors (Lipinski definition) is 4. The van der Waals surface area contributed by atoms with Gasteiger partial charge in [0.2, 0.25) is 0 Å². The molecule has 4 rings (SSSR count). The second kappa shape index (κ2) is 7.23. The Balaban J connectivity index is 1.76. The van der Waals surface area contributed by atoms with Crippen LogP contribution in [0.1, 0.15) is 21.8 Å². The second-order valence-corrected chi connectivity index (χ2v) is 6.67. The molecule has 140 valence electrons. The summed E-state index contributed by atoms with van der Waals surface area (Å²) in [4.78, 5) is 19.4. The highest BCUT2D eigenvalue weighted by Gasteiger charge is 2.18. The molecule has 0 radical (unpaired) electrons. The van der Waals surface area contributed by atoms with E-state index in [1.165, 1.54) is 12.1 Å². The minimum atomic E-state index is -0.316. The van der Waals surface area contributed by atoms with Gasteiger partial charge in [0.1, 0.15) is 17.3 Å². The Morgan fingerprint density at radius 1 is 1.11 bits per heavy atom. The Bertz CT molecular complexity index is 1150. The van der Waals surface area contributed by atoms with Gasteiger partial charge in [0.25, 0.3) is 5.91 Å². The van der Waals surface area contributed by atoms with E-state index in [2.05, 4.69) is 10.1 Å². The molecule has 0 aliphatic heterocycles. The summed E-state index contributed by atoms with van der Waals surface area (Å²) in [6.07, 6.45) is 0. The number of rotatable bonds is 4. The van der Waals surface area contributed by atoms with Crippen molar-refractivity contribution in [3.8, 4) is 11.3 Å². The van der Waals surface area contributed by atoms with Gasteiger partial charge in [0.05, 0.1) is 23.3 Å². The molecule has 2 aromatic heterocycles. The van der Waals surface area contributed by atoms with Gasteiger partial charge < -0.3 is 9.42 Å². The van der Waals surface area contributed by atoms with E-state index in [1.807, 2.05) is 31.2 Å². The molecule has 0 N–H and O–H groups in total. The lowest BCUT2D eigenvalue weighted by molar-refractivity contribution is 0.0784. The van der Waals surface area contributed by atoms with Gasteiger partial charge in [-0.1, -0.05) is 23.4 Å². The number of fused-ring (bicyclic) bond motifs is 1. The van der Waals surface area contributed by atoms with Crippen LogP contribution in [0.15, 0.2) is 65.2 Å². The number of carbonyl (C=O) groups excluding carboxylic acids is 1. The summed E-state index contributed by atoms with van der Waals surface area (Å²) >= 11 is 0. The number of benzene rings is 2. The molecule has 1 amide bonds. The van der Waals surface area contributed by atoms with Gasteiger partial charge in [-0.05, 0) is 43.3 Å². The fourth-order valence-corrected chi connectivity index (χ4v) is 3.13. The molecule has 2 aromatic carbocycles. The smallest absolute Gasteiger partial charge is 0.254 e. The minimum Gasteiger partial charge on any atom is -0.361 e. The van der Waals surface area contributed by atoms with Gasteiger partial charge in [-0.25, -0.2) is 9.37 Å². The lowest BCUT2D eigenvalue weighted by Gasteiger charge is -2.17. The Kier molecular flexibility index (Phi) is 4.61. The number of hydrogen-bond donors (Lipinski definition) is 0. The van der Waals surface area contributed by atoms with Crippen molar-refractivity contribution in [3.05, 3.63) is 83.5 Å². The quantitative estimate of drug-likeness (QED) is 0.523. The van der Waals surface area contributed by atoms with E-state index in [0.717, 1.165) is 10.9 Å². The zero-order chi connectivity index (χ0) is 19.7. The molecule has 0 saturated carbocycles. The van der Waals surface area contributed by atoms with Crippen LogP contribution in [-0.4, -0.2) is 28.0 Å². The molecule has 0 aliphatic rings. The van der Waals surface area contributed by atoms with Gasteiger partial charge in [-0.3, -0.25) is 4.79 Å². The zero-order valence-electron chi connectivity index (χ0n) is 15.5. The van der Waals surface area contributed by atoms with Crippen LogP contribution in [0, 0.1) is 12.7 Å². The van der Waals surface area contributed by atoms with E-state index >= 15 is 0 Å². The Morgan fingerprint density at radius 3 is 2.57 bits per heavy atom. The van der Waals surface area contributed by atoms with E-state index in [0.29, 0.717) is 34.8 Å². The molecule has 0 fully saturated rings. The van der Waals surface area contributed by atoms with Crippen molar-refractivity contribution in [3.63, 3.8) is 0 Å². The number of nitrogens with zero attached hydrogens (tertiary/aromatic N) is 3. The molecule has 6 heteroatoms. The van der Waals surface area contributed by atoms with Crippen molar-refractivity contribution in [2.75, 3.05) is 7.05 Å². The molecule has 0 bridgehead atoms. The molecule has 0 unspecified atom stereocenters. The normalized spacial score (nSPS) is 11.0. The first-order valence-corrected chi connectivity index (χ1v) is 8.84. The lowest BCUT2D eigenvalue weighted by Crippen LogP contribution is -2.26. The average Bonchev–Trinajstić information content (AvgIpc) is 3.11. The third-order valence-electron chi connectivity index (χ3n) is 4.51. The van der Waals surface area contributed by atoms with Crippen LogP contribution >= 0.6 is 0 Å². The number of carbonyl (C=O) groups is 1. The van der Waals surface area contributed by atoms with Crippen LogP contribution in [0.5, 0.6) is 0 Å². The standard InChI is InChI=1S/C22H18FN3O2/c1-14-11-17(25-28-14)13-26(2)22(27)19-12-21(15-7-9-16(23)10-8-15)24-20-6-4-3-5-18(19)20/h3-12H,13H2,1-2H3. The van der Waals surface area contributed by atoms with E-state index in [-0.39, 0.29) is 11.7 Å². The second-order valence-electron chi connectivity index (χ2n) is 6.67. The van der Waals surface area contributed by atoms with E-state index in [1.54, 1.807) is 36.2 Å². The van der Waals surface area contributed by atoms with Crippen LogP contribution in [-0.2, 0) is 6.54 Å². The van der Waals surface area contributed by atoms with Crippen molar-refractivity contribution in [1.82, 2.24) is 15.0 Å². The third kappa shape index (κ3) is 3.49. The molecule has 28 heavy (non-hydrogen) atoms. The predicted molar refractivity (Wildman–Crippen MR) is 104 cm³/mol. The minimum absolute atomic E-state index is 0.150. The molecular weight excluding hydrogens is 357 g/mol. The number of para-hydroxylation sites is 1.